The lowest BCUT2D eigenvalue weighted by molar-refractivity contribution is -0.120. The summed E-state index contributed by atoms with van der Waals surface area (Å²) >= 11 is 0. The molecule has 0 bridgehead atoms. The molecule has 0 fully saturated rings. The van der Waals surface area contributed by atoms with Gasteiger partial charge >= 0.3 is 0 Å². The predicted octanol–water partition coefficient (Wildman–Crippen LogP) is 3.87. The fraction of sp³-hybridized carbons (Fsp3) is 0.550. The topological polar surface area (TPSA) is 45.5 Å². The minimum absolute atomic E-state index is 0.0523. The van der Waals surface area contributed by atoms with Crippen LogP contribution >= 0.6 is 0 Å². The van der Waals surface area contributed by atoms with Gasteiger partial charge in [0.1, 0.15) is 5.58 Å². The first-order valence-corrected chi connectivity index (χ1v) is 8.95. The zero-order valence-corrected chi connectivity index (χ0v) is 15.6. The van der Waals surface area contributed by atoms with Gasteiger partial charge in [-0.05, 0) is 49.2 Å². The van der Waals surface area contributed by atoms with Crippen LogP contribution < -0.4 is 5.32 Å². The number of amides is 1. The van der Waals surface area contributed by atoms with E-state index in [0.717, 1.165) is 36.2 Å². The highest BCUT2D eigenvalue weighted by Gasteiger charge is 2.14. The maximum Gasteiger partial charge on any atom is 0.224 e. The largest absolute Gasteiger partial charge is 0.464 e. The standard InChI is InChI=1S/C20H30N2O2/c1-6-22(7-2)9-8-21-20(23)11-16-13-24-19-10-15(5)17(14(3)4)12-18(16)19/h10,12-14H,6-9,11H2,1-5H3,(H,21,23). The molecule has 4 heteroatoms. The summed E-state index contributed by atoms with van der Waals surface area (Å²) in [4.78, 5) is 14.5. The van der Waals surface area contributed by atoms with Crippen molar-refractivity contribution in [3.63, 3.8) is 0 Å². The van der Waals surface area contributed by atoms with E-state index in [4.69, 9.17) is 4.42 Å². The van der Waals surface area contributed by atoms with Crippen LogP contribution in [0.25, 0.3) is 11.0 Å². The van der Waals surface area contributed by atoms with Gasteiger partial charge in [-0.15, -0.1) is 0 Å². The second-order valence-electron chi connectivity index (χ2n) is 6.67. The Morgan fingerprint density at radius 1 is 1.25 bits per heavy atom. The third-order valence-electron chi connectivity index (χ3n) is 4.66. The van der Waals surface area contributed by atoms with Gasteiger partial charge in [0.2, 0.25) is 5.91 Å². The summed E-state index contributed by atoms with van der Waals surface area (Å²) in [5.74, 6) is 0.511. The number of benzene rings is 1. The number of carbonyl (C=O) groups is 1. The fourth-order valence-corrected chi connectivity index (χ4v) is 3.13. The Hall–Kier alpha value is -1.81. The number of hydrogen-bond donors (Lipinski definition) is 1. The zero-order valence-electron chi connectivity index (χ0n) is 15.6. The predicted molar refractivity (Wildman–Crippen MR) is 99.5 cm³/mol. The van der Waals surface area contributed by atoms with Crippen LogP contribution in [0, 0.1) is 6.92 Å². The average Bonchev–Trinajstić information content (AvgIpc) is 2.92. The van der Waals surface area contributed by atoms with Gasteiger partial charge in [0.05, 0.1) is 12.7 Å². The van der Waals surface area contributed by atoms with E-state index in [0.29, 0.717) is 18.9 Å². The summed E-state index contributed by atoms with van der Waals surface area (Å²) < 4.78 is 5.65. The molecule has 132 valence electrons. The van der Waals surface area contributed by atoms with Crippen molar-refractivity contribution < 1.29 is 9.21 Å². The van der Waals surface area contributed by atoms with Crippen molar-refractivity contribution in [2.75, 3.05) is 26.2 Å². The summed E-state index contributed by atoms with van der Waals surface area (Å²) in [7, 11) is 0. The van der Waals surface area contributed by atoms with Gasteiger partial charge in [-0.1, -0.05) is 27.7 Å². The van der Waals surface area contributed by atoms with Crippen LogP contribution in [-0.2, 0) is 11.2 Å². The SMILES string of the molecule is CCN(CC)CCNC(=O)Cc1coc2cc(C)c(C(C)C)cc12. The minimum atomic E-state index is 0.0523. The molecule has 1 amide bonds. The summed E-state index contributed by atoms with van der Waals surface area (Å²) in [6.07, 6.45) is 2.09. The molecule has 2 rings (SSSR count). The number of nitrogens with zero attached hydrogens (tertiary/aromatic N) is 1. The van der Waals surface area contributed by atoms with Crippen molar-refractivity contribution in [1.82, 2.24) is 10.2 Å². The van der Waals surface area contributed by atoms with Crippen LogP contribution in [-0.4, -0.2) is 37.0 Å². The molecule has 0 atom stereocenters. The third-order valence-corrected chi connectivity index (χ3v) is 4.66. The second kappa shape index (κ2) is 8.34. The smallest absolute Gasteiger partial charge is 0.224 e. The maximum atomic E-state index is 12.2. The van der Waals surface area contributed by atoms with Crippen LogP contribution in [0.4, 0.5) is 0 Å². The molecule has 0 aliphatic heterocycles. The number of rotatable bonds is 8. The van der Waals surface area contributed by atoms with Gasteiger partial charge in [0.15, 0.2) is 0 Å². The second-order valence-corrected chi connectivity index (χ2v) is 6.67. The zero-order chi connectivity index (χ0) is 17.7. The highest BCUT2D eigenvalue weighted by atomic mass is 16.3. The third kappa shape index (κ3) is 4.38. The number of furan rings is 1. The van der Waals surface area contributed by atoms with Crippen molar-refractivity contribution >= 4 is 16.9 Å². The quantitative estimate of drug-likeness (QED) is 0.799. The molecule has 0 aliphatic rings. The molecule has 24 heavy (non-hydrogen) atoms. The van der Waals surface area contributed by atoms with Crippen molar-refractivity contribution in [1.29, 1.82) is 0 Å². The molecule has 1 aromatic carbocycles. The average molecular weight is 330 g/mol. The van der Waals surface area contributed by atoms with E-state index in [2.05, 4.69) is 57.0 Å². The van der Waals surface area contributed by atoms with Crippen LogP contribution in [0.5, 0.6) is 0 Å². The lowest BCUT2D eigenvalue weighted by atomic mass is 9.95. The molecule has 0 aliphatic carbocycles. The van der Waals surface area contributed by atoms with Gasteiger partial charge < -0.3 is 14.6 Å². The molecule has 0 unspecified atom stereocenters. The van der Waals surface area contributed by atoms with E-state index in [9.17, 15) is 4.79 Å². The summed E-state index contributed by atoms with van der Waals surface area (Å²) in [5.41, 5.74) is 4.38. The Bertz CT molecular complexity index is 684. The molecule has 0 saturated carbocycles. The van der Waals surface area contributed by atoms with E-state index in [1.807, 2.05) is 0 Å². The molecule has 2 aromatic rings. The van der Waals surface area contributed by atoms with E-state index in [1.165, 1.54) is 11.1 Å². The van der Waals surface area contributed by atoms with Gasteiger partial charge in [-0.2, -0.15) is 0 Å². The first-order chi connectivity index (χ1) is 11.5. The van der Waals surface area contributed by atoms with Gasteiger partial charge in [0, 0.05) is 24.0 Å². The van der Waals surface area contributed by atoms with Gasteiger partial charge in [0.25, 0.3) is 0 Å². The van der Waals surface area contributed by atoms with Crippen molar-refractivity contribution in [3.8, 4) is 0 Å². The summed E-state index contributed by atoms with van der Waals surface area (Å²) in [5, 5.41) is 4.07. The molecule has 4 nitrogen and oxygen atoms in total. The highest BCUT2D eigenvalue weighted by molar-refractivity contribution is 5.88. The monoisotopic (exact) mass is 330 g/mol. The molecular weight excluding hydrogens is 300 g/mol. The Balaban J connectivity index is 2.04. The number of likely N-dealkylation sites (N-methyl/N-ethyl adjacent to an activating group) is 1. The molecule has 0 spiro atoms. The Morgan fingerprint density at radius 2 is 1.96 bits per heavy atom. The lowest BCUT2D eigenvalue weighted by Gasteiger charge is -2.17. The van der Waals surface area contributed by atoms with Crippen LogP contribution in [0.1, 0.15) is 50.3 Å². The molecule has 1 aromatic heterocycles. The number of aryl methyl sites for hydroxylation is 1. The Morgan fingerprint density at radius 3 is 2.58 bits per heavy atom. The number of hydrogen-bond acceptors (Lipinski definition) is 3. The highest BCUT2D eigenvalue weighted by Crippen LogP contribution is 2.29. The van der Waals surface area contributed by atoms with E-state index < -0.39 is 0 Å². The maximum absolute atomic E-state index is 12.2. The number of carbonyl (C=O) groups excluding carboxylic acids is 1. The molecule has 1 N–H and O–H groups in total. The normalized spacial score (nSPS) is 11.6. The lowest BCUT2D eigenvalue weighted by Crippen LogP contribution is -2.35. The van der Waals surface area contributed by atoms with Crippen LogP contribution in [0.3, 0.4) is 0 Å². The van der Waals surface area contributed by atoms with E-state index in [1.54, 1.807) is 6.26 Å². The first kappa shape index (κ1) is 18.5. The van der Waals surface area contributed by atoms with Crippen molar-refractivity contribution in [2.24, 2.45) is 0 Å². The first-order valence-electron chi connectivity index (χ1n) is 8.95. The fourth-order valence-electron chi connectivity index (χ4n) is 3.13. The minimum Gasteiger partial charge on any atom is -0.464 e. The molecular formula is C20H30N2O2. The molecule has 0 saturated heterocycles. The van der Waals surface area contributed by atoms with Crippen molar-refractivity contribution in [2.45, 2.75) is 47.0 Å². The van der Waals surface area contributed by atoms with Gasteiger partial charge in [-0.25, -0.2) is 0 Å². The number of fused-ring (bicyclic) bond motifs is 1. The van der Waals surface area contributed by atoms with E-state index in [-0.39, 0.29) is 5.91 Å². The van der Waals surface area contributed by atoms with Crippen LogP contribution in [0.15, 0.2) is 22.8 Å². The Kier molecular flexibility index (Phi) is 6.44. The Labute approximate surface area is 145 Å². The molecule has 0 radical (unpaired) electrons. The van der Waals surface area contributed by atoms with E-state index >= 15 is 0 Å². The van der Waals surface area contributed by atoms with Crippen molar-refractivity contribution in [3.05, 3.63) is 35.1 Å². The number of nitrogens with one attached hydrogen (secondary N) is 1. The van der Waals surface area contributed by atoms with Gasteiger partial charge in [-0.3, -0.25) is 4.79 Å². The van der Waals surface area contributed by atoms with Crippen LogP contribution in [0.2, 0.25) is 0 Å². The summed E-state index contributed by atoms with van der Waals surface area (Å²) in [6.45, 7) is 14.4. The summed E-state index contributed by atoms with van der Waals surface area (Å²) in [6, 6.07) is 4.25. The molecule has 1 heterocycles.